The highest BCUT2D eigenvalue weighted by atomic mass is 15.0. The molecule has 1 heterocycles. The molecule has 2 aliphatic rings. The van der Waals surface area contributed by atoms with E-state index in [2.05, 4.69) is 168 Å². The van der Waals surface area contributed by atoms with Gasteiger partial charge in [0.25, 0.3) is 0 Å². The quantitative estimate of drug-likeness (QED) is 0.165. The molecule has 1 nitrogen and oxygen atoms in total. The van der Waals surface area contributed by atoms with Crippen LogP contribution in [0.25, 0.3) is 93.2 Å². The van der Waals surface area contributed by atoms with Gasteiger partial charge in [0, 0.05) is 16.5 Å². The van der Waals surface area contributed by atoms with Crippen molar-refractivity contribution in [1.82, 2.24) is 4.57 Å². The summed E-state index contributed by atoms with van der Waals surface area (Å²) in [5.74, 6) is 0. The van der Waals surface area contributed by atoms with Gasteiger partial charge in [-0.25, -0.2) is 0 Å². The minimum Gasteiger partial charge on any atom is -0.309 e. The third-order valence-electron chi connectivity index (χ3n) is 11.9. The number of hydrogen-bond acceptors (Lipinski definition) is 0. The van der Waals surface area contributed by atoms with E-state index in [9.17, 15) is 0 Å². The molecule has 1 aromatic heterocycles. The van der Waals surface area contributed by atoms with Crippen LogP contribution in [0.4, 0.5) is 0 Å². The average molecular weight is 646 g/mol. The van der Waals surface area contributed by atoms with E-state index in [1.165, 1.54) is 115 Å². The van der Waals surface area contributed by atoms with Crippen LogP contribution in [0, 0.1) is 0 Å². The maximum Gasteiger partial charge on any atom is 0.0544 e. The molecule has 10 aromatic rings. The van der Waals surface area contributed by atoms with Crippen LogP contribution in [-0.4, -0.2) is 4.57 Å². The lowest BCUT2D eigenvalue weighted by Gasteiger charge is -2.14. The molecule has 0 amide bonds. The molecule has 0 N–H and O–H groups in total. The standard InChI is InChI=1S/C50H31N/c1-2-11-34-30(10-1)28-47-41(34)24-25-49-50(47)43-16-7-8-19-48(43)51(49)33-22-20-32-27-45-35(17-9-18-40(45)44(32)29-33)31-21-23-42-38-14-4-3-12-36(38)37-13-5-6-15-39(37)46(42)26-31/h1-26,29H,27-28H2. The van der Waals surface area contributed by atoms with Crippen molar-refractivity contribution >= 4 is 54.1 Å². The number of rotatable bonds is 2. The number of benzene rings is 9. The highest BCUT2D eigenvalue weighted by molar-refractivity contribution is 6.25. The fraction of sp³-hybridized carbons (Fsp3) is 0.0400. The summed E-state index contributed by atoms with van der Waals surface area (Å²) in [6, 6.07) is 61.4. The van der Waals surface area contributed by atoms with Gasteiger partial charge < -0.3 is 4.57 Å². The Balaban J connectivity index is 1.03. The molecular formula is C50H31N. The van der Waals surface area contributed by atoms with E-state index in [1.54, 1.807) is 0 Å². The monoisotopic (exact) mass is 645 g/mol. The fourth-order valence-electron chi connectivity index (χ4n) is 9.65. The molecule has 1 heteroatoms. The lowest BCUT2D eigenvalue weighted by Crippen LogP contribution is -1.95. The Morgan fingerprint density at radius 1 is 0.333 bits per heavy atom. The third-order valence-corrected chi connectivity index (χ3v) is 11.9. The van der Waals surface area contributed by atoms with Crippen LogP contribution >= 0.6 is 0 Å². The molecule has 2 aliphatic carbocycles. The first-order valence-electron chi connectivity index (χ1n) is 18.0. The van der Waals surface area contributed by atoms with E-state index in [0.717, 1.165) is 12.8 Å². The van der Waals surface area contributed by atoms with E-state index in [-0.39, 0.29) is 0 Å². The number of aromatic nitrogens is 1. The van der Waals surface area contributed by atoms with Crippen LogP contribution in [0.1, 0.15) is 22.3 Å². The summed E-state index contributed by atoms with van der Waals surface area (Å²) in [6.07, 6.45) is 1.93. The predicted molar refractivity (Wildman–Crippen MR) is 215 cm³/mol. The highest BCUT2D eigenvalue weighted by Crippen LogP contribution is 2.47. The zero-order valence-electron chi connectivity index (χ0n) is 27.9. The molecule has 0 bridgehead atoms. The van der Waals surface area contributed by atoms with Crippen molar-refractivity contribution in [3.8, 4) is 39.1 Å². The summed E-state index contributed by atoms with van der Waals surface area (Å²) in [7, 11) is 0. The highest BCUT2D eigenvalue weighted by Gasteiger charge is 2.26. The molecule has 0 fully saturated rings. The summed E-state index contributed by atoms with van der Waals surface area (Å²) in [4.78, 5) is 0. The summed E-state index contributed by atoms with van der Waals surface area (Å²) in [6.45, 7) is 0. The molecular weight excluding hydrogens is 615 g/mol. The first-order chi connectivity index (χ1) is 25.3. The minimum atomic E-state index is 0.941. The molecule has 0 atom stereocenters. The van der Waals surface area contributed by atoms with Gasteiger partial charge in [-0.05, 0) is 131 Å². The van der Waals surface area contributed by atoms with Crippen molar-refractivity contribution < 1.29 is 0 Å². The molecule has 0 unspecified atom stereocenters. The fourth-order valence-corrected chi connectivity index (χ4v) is 9.65. The van der Waals surface area contributed by atoms with Crippen molar-refractivity contribution in [1.29, 1.82) is 0 Å². The van der Waals surface area contributed by atoms with Gasteiger partial charge >= 0.3 is 0 Å². The van der Waals surface area contributed by atoms with Gasteiger partial charge in [-0.2, -0.15) is 0 Å². The lowest BCUT2D eigenvalue weighted by atomic mass is 9.90. The van der Waals surface area contributed by atoms with Crippen molar-refractivity contribution in [2.45, 2.75) is 12.8 Å². The number of hydrogen-bond donors (Lipinski definition) is 0. The molecule has 12 rings (SSSR count). The molecule has 0 saturated heterocycles. The summed E-state index contributed by atoms with van der Waals surface area (Å²) in [5.41, 5.74) is 17.5. The Bertz CT molecular complexity index is 3100. The van der Waals surface area contributed by atoms with Crippen molar-refractivity contribution in [2.24, 2.45) is 0 Å². The van der Waals surface area contributed by atoms with Crippen LogP contribution in [0.5, 0.6) is 0 Å². The van der Waals surface area contributed by atoms with Crippen molar-refractivity contribution in [2.75, 3.05) is 0 Å². The van der Waals surface area contributed by atoms with E-state index in [1.807, 2.05) is 0 Å². The SMILES string of the molecule is c1ccc2c(c1)Cc1c-2ccc2c1c1ccccc1n2-c1ccc2c(c1)-c1cccc(-c3ccc4c5ccccc5c5ccccc5c4c3)c1C2. The van der Waals surface area contributed by atoms with Crippen LogP contribution in [0.15, 0.2) is 164 Å². The topological polar surface area (TPSA) is 4.93 Å². The van der Waals surface area contributed by atoms with Crippen LogP contribution in [0.3, 0.4) is 0 Å². The first kappa shape index (κ1) is 27.4. The van der Waals surface area contributed by atoms with Gasteiger partial charge in [0.1, 0.15) is 0 Å². The van der Waals surface area contributed by atoms with Gasteiger partial charge in [-0.3, -0.25) is 0 Å². The lowest BCUT2D eigenvalue weighted by molar-refractivity contribution is 1.17. The second-order valence-electron chi connectivity index (χ2n) is 14.4. The molecule has 0 radical (unpaired) electrons. The number of nitrogens with zero attached hydrogens (tertiary/aromatic N) is 1. The minimum absolute atomic E-state index is 0.941. The molecule has 0 spiro atoms. The average Bonchev–Trinajstić information content (AvgIpc) is 3.87. The third kappa shape index (κ3) is 3.70. The van der Waals surface area contributed by atoms with Gasteiger partial charge in [0.2, 0.25) is 0 Å². The maximum atomic E-state index is 2.49. The Morgan fingerprint density at radius 2 is 0.941 bits per heavy atom. The largest absolute Gasteiger partial charge is 0.309 e. The van der Waals surface area contributed by atoms with Crippen LogP contribution in [-0.2, 0) is 12.8 Å². The number of fused-ring (bicyclic) bond motifs is 16. The Kier molecular flexibility index (Phi) is 5.40. The summed E-state index contributed by atoms with van der Waals surface area (Å²) >= 11 is 0. The molecule has 0 aliphatic heterocycles. The van der Waals surface area contributed by atoms with Crippen LogP contribution < -0.4 is 0 Å². The van der Waals surface area contributed by atoms with E-state index in [0.29, 0.717) is 0 Å². The van der Waals surface area contributed by atoms with E-state index >= 15 is 0 Å². The Morgan fingerprint density at radius 3 is 1.76 bits per heavy atom. The maximum absolute atomic E-state index is 2.49. The van der Waals surface area contributed by atoms with Gasteiger partial charge in [0.15, 0.2) is 0 Å². The molecule has 9 aromatic carbocycles. The first-order valence-corrected chi connectivity index (χ1v) is 18.0. The Labute approximate surface area is 295 Å². The zero-order valence-corrected chi connectivity index (χ0v) is 27.9. The predicted octanol–water partition coefficient (Wildman–Crippen LogP) is 13.1. The Hall–Kier alpha value is -6.44. The molecule has 51 heavy (non-hydrogen) atoms. The van der Waals surface area contributed by atoms with Crippen LogP contribution in [0.2, 0.25) is 0 Å². The zero-order chi connectivity index (χ0) is 33.2. The van der Waals surface area contributed by atoms with Gasteiger partial charge in [-0.1, -0.05) is 133 Å². The smallest absolute Gasteiger partial charge is 0.0544 e. The van der Waals surface area contributed by atoms with Crippen molar-refractivity contribution in [3.05, 3.63) is 186 Å². The van der Waals surface area contributed by atoms with E-state index in [4.69, 9.17) is 0 Å². The van der Waals surface area contributed by atoms with E-state index < -0.39 is 0 Å². The molecule has 236 valence electrons. The number of para-hydroxylation sites is 1. The second-order valence-corrected chi connectivity index (χ2v) is 14.4. The molecule has 0 saturated carbocycles. The van der Waals surface area contributed by atoms with Gasteiger partial charge in [-0.15, -0.1) is 0 Å². The van der Waals surface area contributed by atoms with Gasteiger partial charge in [0.05, 0.1) is 11.0 Å². The summed E-state index contributed by atoms with van der Waals surface area (Å²) < 4.78 is 2.49. The summed E-state index contributed by atoms with van der Waals surface area (Å²) in [5, 5.41) is 10.6. The second kappa shape index (κ2) is 10.1. The van der Waals surface area contributed by atoms with Crippen molar-refractivity contribution in [3.63, 3.8) is 0 Å². The normalized spacial score (nSPS) is 12.9.